The normalized spacial score (nSPS) is 21.3. The molecule has 1 aliphatic rings. The number of nitrogens with zero attached hydrogens (tertiary/aromatic N) is 1. The summed E-state index contributed by atoms with van der Waals surface area (Å²) in [4.78, 5) is 11.0. The van der Waals surface area contributed by atoms with E-state index in [-0.39, 0.29) is 4.92 Å². The van der Waals surface area contributed by atoms with E-state index < -0.39 is 12.1 Å². The minimum Gasteiger partial charge on any atom is -0.478 e. The summed E-state index contributed by atoms with van der Waals surface area (Å²) >= 11 is 0. The van der Waals surface area contributed by atoms with Crippen LogP contribution < -0.4 is 4.74 Å². The maximum atomic E-state index is 11.3. The van der Waals surface area contributed by atoms with Crippen molar-refractivity contribution in [3.63, 3.8) is 0 Å². The summed E-state index contributed by atoms with van der Waals surface area (Å²) < 4.78 is 5.85. The van der Waals surface area contributed by atoms with Gasteiger partial charge in [-0.3, -0.25) is 10.1 Å². The van der Waals surface area contributed by atoms with Gasteiger partial charge < -0.3 is 4.74 Å². The summed E-state index contributed by atoms with van der Waals surface area (Å²) in [5.74, 6) is 0.745. The van der Waals surface area contributed by atoms with Gasteiger partial charge in [0.05, 0.1) is 0 Å². The zero-order valence-electron chi connectivity index (χ0n) is 10.2. The van der Waals surface area contributed by atoms with Gasteiger partial charge >= 0.3 is 0 Å². The van der Waals surface area contributed by atoms with E-state index in [1.54, 1.807) is 0 Å². The second-order valence-electron chi connectivity index (χ2n) is 4.61. The number of benzene rings is 2. The minimum atomic E-state index is -0.739. The molecule has 3 rings (SSSR count). The summed E-state index contributed by atoms with van der Waals surface area (Å²) in [5, 5.41) is 11.3. The van der Waals surface area contributed by atoms with Gasteiger partial charge in [-0.2, -0.15) is 0 Å². The Bertz CT molecular complexity index is 597. The van der Waals surface area contributed by atoms with Crippen molar-refractivity contribution in [3.8, 4) is 5.75 Å². The van der Waals surface area contributed by atoms with Gasteiger partial charge in [-0.1, -0.05) is 48.5 Å². The summed E-state index contributed by atoms with van der Waals surface area (Å²) in [7, 11) is 0. The molecule has 0 unspecified atom stereocenters. The van der Waals surface area contributed by atoms with Gasteiger partial charge in [-0.25, -0.2) is 0 Å². The summed E-state index contributed by atoms with van der Waals surface area (Å²) in [6, 6.07) is 16.1. The molecule has 0 aromatic heterocycles. The molecule has 0 amide bonds. The van der Waals surface area contributed by atoms with Crippen LogP contribution in [0.25, 0.3) is 0 Å². The van der Waals surface area contributed by atoms with Crippen molar-refractivity contribution in [2.24, 2.45) is 0 Å². The van der Waals surface area contributed by atoms with Crippen LogP contribution >= 0.6 is 0 Å². The molecule has 2 aromatic rings. The maximum Gasteiger partial charge on any atom is 0.257 e. The highest BCUT2D eigenvalue weighted by Gasteiger charge is 2.39. The van der Waals surface area contributed by atoms with Gasteiger partial charge in [0.15, 0.2) is 6.10 Å². The molecule has 0 spiro atoms. The summed E-state index contributed by atoms with van der Waals surface area (Å²) in [6.45, 7) is 0. The van der Waals surface area contributed by atoms with Crippen molar-refractivity contribution in [2.75, 3.05) is 0 Å². The van der Waals surface area contributed by atoms with E-state index in [4.69, 9.17) is 4.74 Å². The molecule has 1 heterocycles. The number of hydrogen-bond donors (Lipinski definition) is 0. The summed E-state index contributed by atoms with van der Waals surface area (Å²) in [6.07, 6.45) is -0.117. The Morgan fingerprint density at radius 1 is 1.05 bits per heavy atom. The highest BCUT2D eigenvalue weighted by Crippen LogP contribution is 2.35. The molecule has 0 saturated carbocycles. The van der Waals surface area contributed by atoms with Crippen LogP contribution in [0.5, 0.6) is 5.75 Å². The van der Waals surface area contributed by atoms with Gasteiger partial charge in [0, 0.05) is 16.9 Å². The van der Waals surface area contributed by atoms with Gasteiger partial charge in [0.2, 0.25) is 0 Å². The topological polar surface area (TPSA) is 52.4 Å². The molecule has 4 heteroatoms. The van der Waals surface area contributed by atoms with Crippen molar-refractivity contribution in [3.05, 3.63) is 75.8 Å². The zero-order chi connectivity index (χ0) is 13.2. The summed E-state index contributed by atoms with van der Waals surface area (Å²) in [5.41, 5.74) is 1.75. The molecule has 0 bridgehead atoms. The first-order valence-corrected chi connectivity index (χ1v) is 6.19. The molecule has 0 radical (unpaired) electrons. The molecule has 0 N–H and O–H groups in total. The highest BCUT2D eigenvalue weighted by molar-refractivity contribution is 5.37. The largest absolute Gasteiger partial charge is 0.478 e. The molecular formula is C15H13NO3. The monoisotopic (exact) mass is 255 g/mol. The number of nitro groups is 1. The molecule has 4 nitrogen and oxygen atoms in total. The fourth-order valence-electron chi connectivity index (χ4n) is 2.45. The first-order valence-electron chi connectivity index (χ1n) is 6.19. The van der Waals surface area contributed by atoms with Crippen molar-refractivity contribution in [2.45, 2.75) is 18.6 Å². The van der Waals surface area contributed by atoms with E-state index in [0.29, 0.717) is 6.42 Å². The number of ether oxygens (including phenoxy) is 1. The predicted octanol–water partition coefficient (Wildman–Crippen LogP) is 3.01. The van der Waals surface area contributed by atoms with Crippen LogP contribution in [0.2, 0.25) is 0 Å². The van der Waals surface area contributed by atoms with Crippen LogP contribution in [0, 0.1) is 10.1 Å². The number of para-hydroxylation sites is 1. The third-order valence-corrected chi connectivity index (χ3v) is 3.40. The number of fused-ring (bicyclic) bond motifs is 1. The van der Waals surface area contributed by atoms with Gasteiger partial charge in [0.25, 0.3) is 6.04 Å². The predicted molar refractivity (Wildman–Crippen MR) is 70.7 cm³/mol. The second kappa shape index (κ2) is 4.72. The zero-order valence-corrected chi connectivity index (χ0v) is 10.2. The standard InChI is InChI=1S/C15H13NO3/c17-16(18)13-10-12-8-4-5-9-14(12)19-15(13)11-6-2-1-3-7-11/h1-9,13,15H,10H2/t13-,15+/m0/s1. The van der Waals surface area contributed by atoms with Crippen molar-refractivity contribution >= 4 is 0 Å². The first kappa shape index (κ1) is 11.7. The number of hydrogen-bond acceptors (Lipinski definition) is 3. The van der Waals surface area contributed by atoms with Crippen LogP contribution in [0.3, 0.4) is 0 Å². The Morgan fingerprint density at radius 2 is 1.74 bits per heavy atom. The van der Waals surface area contributed by atoms with Crippen molar-refractivity contribution in [1.29, 1.82) is 0 Å². The Balaban J connectivity index is 2.01. The lowest BCUT2D eigenvalue weighted by Gasteiger charge is -2.28. The molecule has 96 valence electrons. The molecule has 19 heavy (non-hydrogen) atoms. The lowest BCUT2D eigenvalue weighted by atomic mass is 9.93. The molecule has 1 aliphatic heterocycles. The second-order valence-corrected chi connectivity index (χ2v) is 4.61. The third-order valence-electron chi connectivity index (χ3n) is 3.40. The van der Waals surface area contributed by atoms with Gasteiger partial charge in [0.1, 0.15) is 5.75 Å². The van der Waals surface area contributed by atoms with Crippen LogP contribution in [-0.4, -0.2) is 11.0 Å². The average Bonchev–Trinajstić information content (AvgIpc) is 2.46. The van der Waals surface area contributed by atoms with Crippen LogP contribution in [-0.2, 0) is 6.42 Å². The van der Waals surface area contributed by atoms with Gasteiger partial charge in [-0.15, -0.1) is 0 Å². The smallest absolute Gasteiger partial charge is 0.257 e. The quantitative estimate of drug-likeness (QED) is 0.612. The molecular weight excluding hydrogens is 242 g/mol. The van der Waals surface area contributed by atoms with Crippen molar-refractivity contribution < 1.29 is 9.66 Å². The molecule has 0 fully saturated rings. The minimum absolute atomic E-state index is 0.242. The van der Waals surface area contributed by atoms with E-state index in [1.807, 2.05) is 54.6 Å². The van der Waals surface area contributed by atoms with E-state index >= 15 is 0 Å². The van der Waals surface area contributed by atoms with Crippen LogP contribution in [0.4, 0.5) is 0 Å². The van der Waals surface area contributed by atoms with E-state index in [0.717, 1.165) is 16.9 Å². The highest BCUT2D eigenvalue weighted by atomic mass is 16.6. The molecule has 2 aromatic carbocycles. The molecule has 0 aliphatic carbocycles. The van der Waals surface area contributed by atoms with Crippen LogP contribution in [0.15, 0.2) is 54.6 Å². The van der Waals surface area contributed by atoms with E-state index in [9.17, 15) is 10.1 Å². The fraction of sp³-hybridized carbons (Fsp3) is 0.200. The van der Waals surface area contributed by atoms with Crippen LogP contribution in [0.1, 0.15) is 17.2 Å². The third kappa shape index (κ3) is 2.17. The Morgan fingerprint density at radius 3 is 2.47 bits per heavy atom. The fourth-order valence-corrected chi connectivity index (χ4v) is 2.45. The number of rotatable bonds is 2. The maximum absolute atomic E-state index is 11.3. The Kier molecular flexibility index (Phi) is 2.91. The SMILES string of the molecule is O=[N+]([O-])[C@H]1Cc2ccccc2O[C@@H]1c1ccccc1. The first-order chi connectivity index (χ1) is 9.25. The Hall–Kier alpha value is -2.36. The lowest BCUT2D eigenvalue weighted by molar-refractivity contribution is -0.535. The molecule has 0 saturated heterocycles. The van der Waals surface area contributed by atoms with E-state index in [2.05, 4.69) is 0 Å². The van der Waals surface area contributed by atoms with E-state index in [1.165, 1.54) is 0 Å². The Labute approximate surface area is 110 Å². The van der Waals surface area contributed by atoms with Crippen molar-refractivity contribution in [1.82, 2.24) is 0 Å². The lowest BCUT2D eigenvalue weighted by Crippen LogP contribution is -2.36. The average molecular weight is 255 g/mol. The molecule has 2 atom stereocenters. The van der Waals surface area contributed by atoms with Gasteiger partial charge in [-0.05, 0) is 11.6 Å².